The van der Waals surface area contributed by atoms with E-state index in [0.29, 0.717) is 29.8 Å². The highest BCUT2D eigenvalue weighted by atomic mass is 35.5. The Morgan fingerprint density at radius 2 is 1.70 bits per heavy atom. The van der Waals surface area contributed by atoms with Crippen LogP contribution in [0.5, 0.6) is 5.75 Å². The smallest absolute Gasteiger partial charge is 0.321 e. The number of rotatable bonds is 5. The van der Waals surface area contributed by atoms with Crippen molar-refractivity contribution >= 4 is 35.1 Å². The summed E-state index contributed by atoms with van der Waals surface area (Å²) >= 11 is 6.00. The molecule has 0 aliphatic carbocycles. The van der Waals surface area contributed by atoms with Gasteiger partial charge >= 0.3 is 5.97 Å². The topological polar surface area (TPSA) is 83.5 Å². The molecule has 1 N–H and O–H groups in total. The van der Waals surface area contributed by atoms with Gasteiger partial charge in [-0.05, 0) is 48.9 Å². The lowest BCUT2D eigenvalue weighted by molar-refractivity contribution is -0.153. The number of hydrogen-bond donors (Lipinski definition) is 1. The Kier molecular flexibility index (Phi) is 7.03. The Morgan fingerprint density at radius 1 is 1.06 bits per heavy atom. The van der Waals surface area contributed by atoms with Crippen LogP contribution in [0.2, 0.25) is 5.02 Å². The highest BCUT2D eigenvalue weighted by molar-refractivity contribution is 6.30. The van der Waals surface area contributed by atoms with Gasteiger partial charge in [-0.25, -0.2) is 4.99 Å². The Bertz CT molecular complexity index is 1020. The lowest BCUT2D eigenvalue weighted by atomic mass is 9.91. The number of esters is 1. The molecule has 2 aliphatic heterocycles. The average molecular weight is 471 g/mol. The molecule has 0 saturated carbocycles. The zero-order valence-electron chi connectivity index (χ0n) is 18.7. The molecule has 8 nitrogen and oxygen atoms in total. The lowest BCUT2D eigenvalue weighted by Crippen LogP contribution is -2.57. The van der Waals surface area contributed by atoms with Crippen LogP contribution in [0, 0.1) is 5.92 Å². The highest BCUT2D eigenvalue weighted by Crippen LogP contribution is 2.32. The molecule has 0 spiro atoms. The largest absolute Gasteiger partial charge is 0.497 e. The maximum Gasteiger partial charge on any atom is 0.321 e. The molecule has 2 atom stereocenters. The van der Waals surface area contributed by atoms with E-state index in [1.807, 2.05) is 41.3 Å². The van der Waals surface area contributed by atoms with Crippen molar-refractivity contribution in [3.63, 3.8) is 0 Å². The zero-order valence-corrected chi connectivity index (χ0v) is 19.4. The van der Waals surface area contributed by atoms with Gasteiger partial charge in [0.1, 0.15) is 11.8 Å². The van der Waals surface area contributed by atoms with Gasteiger partial charge in [0.25, 0.3) is 0 Å². The first-order chi connectivity index (χ1) is 16.0. The minimum atomic E-state index is -1.04. The van der Waals surface area contributed by atoms with Gasteiger partial charge < -0.3 is 19.3 Å². The number of carbonyl (C=O) groups is 2. The van der Waals surface area contributed by atoms with Crippen molar-refractivity contribution in [3.05, 3.63) is 59.1 Å². The van der Waals surface area contributed by atoms with E-state index in [1.54, 1.807) is 26.2 Å². The molecule has 0 radical (unpaired) electrons. The van der Waals surface area contributed by atoms with Gasteiger partial charge in [0.05, 0.1) is 13.7 Å². The summed E-state index contributed by atoms with van der Waals surface area (Å²) in [5, 5.41) is 3.54. The van der Waals surface area contributed by atoms with Crippen LogP contribution in [-0.4, -0.2) is 62.6 Å². The van der Waals surface area contributed by atoms with Gasteiger partial charge in [0, 0.05) is 36.9 Å². The third-order valence-electron chi connectivity index (χ3n) is 5.86. The number of piperazine rings is 1. The normalized spacial score (nSPS) is 20.7. The Hall–Kier alpha value is -3.26. The molecule has 0 aromatic heterocycles. The SMILES string of the molecule is CCOC(=O)[C@@H]1C(=O)NC(N2CCN(c3ccc(Cl)cc3)CC2)=N[C@H]1c1ccc(OC)cc1. The predicted molar refractivity (Wildman–Crippen MR) is 127 cm³/mol. The summed E-state index contributed by atoms with van der Waals surface area (Å²) in [5.74, 6) is -0.852. The summed E-state index contributed by atoms with van der Waals surface area (Å²) in [7, 11) is 1.59. The molecule has 2 aliphatic rings. The lowest BCUT2D eigenvalue weighted by Gasteiger charge is -2.39. The molecule has 0 bridgehead atoms. The van der Waals surface area contributed by atoms with Crippen molar-refractivity contribution in [1.82, 2.24) is 10.2 Å². The van der Waals surface area contributed by atoms with E-state index in [4.69, 9.17) is 26.1 Å². The molecule has 1 amide bonds. The van der Waals surface area contributed by atoms with E-state index in [2.05, 4.69) is 10.2 Å². The maximum atomic E-state index is 13.0. The van der Waals surface area contributed by atoms with E-state index >= 15 is 0 Å². The zero-order chi connectivity index (χ0) is 23.4. The van der Waals surface area contributed by atoms with Crippen LogP contribution in [-0.2, 0) is 14.3 Å². The molecule has 33 heavy (non-hydrogen) atoms. The molecule has 2 heterocycles. The average Bonchev–Trinajstić information content (AvgIpc) is 2.84. The van der Waals surface area contributed by atoms with Crippen LogP contribution < -0.4 is 15.0 Å². The number of benzene rings is 2. The third kappa shape index (κ3) is 5.06. The van der Waals surface area contributed by atoms with Gasteiger partial charge in [0.2, 0.25) is 11.9 Å². The first kappa shape index (κ1) is 22.9. The number of amides is 1. The number of guanidine groups is 1. The number of hydrogen-bond acceptors (Lipinski definition) is 7. The van der Waals surface area contributed by atoms with Gasteiger partial charge in [-0.15, -0.1) is 0 Å². The molecule has 174 valence electrons. The number of ether oxygens (including phenoxy) is 2. The van der Waals surface area contributed by atoms with E-state index in [9.17, 15) is 9.59 Å². The van der Waals surface area contributed by atoms with E-state index in [-0.39, 0.29) is 6.61 Å². The van der Waals surface area contributed by atoms with Crippen LogP contribution in [0.15, 0.2) is 53.5 Å². The third-order valence-corrected chi connectivity index (χ3v) is 6.12. The summed E-state index contributed by atoms with van der Waals surface area (Å²) in [4.78, 5) is 34.8. The molecule has 2 aromatic rings. The molecule has 1 saturated heterocycles. The second-order valence-corrected chi connectivity index (χ2v) is 8.28. The monoisotopic (exact) mass is 470 g/mol. The maximum absolute atomic E-state index is 13.0. The Morgan fingerprint density at radius 3 is 2.30 bits per heavy atom. The van der Waals surface area contributed by atoms with Crippen LogP contribution in [0.25, 0.3) is 0 Å². The Labute approximate surface area is 198 Å². The van der Waals surface area contributed by atoms with Crippen molar-refractivity contribution in [1.29, 1.82) is 0 Å². The van der Waals surface area contributed by atoms with Crippen molar-refractivity contribution < 1.29 is 19.1 Å². The van der Waals surface area contributed by atoms with Crippen molar-refractivity contribution in [2.75, 3.05) is 44.8 Å². The number of methoxy groups -OCH3 is 1. The summed E-state index contributed by atoms with van der Waals surface area (Å²) in [5.41, 5.74) is 1.85. The molecule has 1 fully saturated rings. The van der Waals surface area contributed by atoms with Crippen LogP contribution in [0.4, 0.5) is 5.69 Å². The van der Waals surface area contributed by atoms with Crippen molar-refractivity contribution in [3.8, 4) is 5.75 Å². The Balaban J connectivity index is 1.55. The predicted octanol–water partition coefficient (Wildman–Crippen LogP) is 2.88. The van der Waals surface area contributed by atoms with Crippen LogP contribution in [0.1, 0.15) is 18.5 Å². The number of halogens is 1. The number of aliphatic imine (C=N–C) groups is 1. The fraction of sp³-hybridized carbons (Fsp3) is 0.375. The van der Waals surface area contributed by atoms with E-state index in [0.717, 1.165) is 24.3 Å². The van der Waals surface area contributed by atoms with Gasteiger partial charge in [-0.1, -0.05) is 23.7 Å². The summed E-state index contributed by atoms with van der Waals surface area (Å²) in [6.45, 7) is 4.81. The molecule has 0 unspecified atom stereocenters. The molecular formula is C24H27ClN4O4. The van der Waals surface area contributed by atoms with Gasteiger partial charge in [-0.2, -0.15) is 0 Å². The van der Waals surface area contributed by atoms with Gasteiger partial charge in [-0.3, -0.25) is 14.9 Å². The second kappa shape index (κ2) is 10.1. The highest BCUT2D eigenvalue weighted by Gasteiger charge is 2.42. The first-order valence-electron chi connectivity index (χ1n) is 10.9. The first-order valence-corrected chi connectivity index (χ1v) is 11.3. The molecule has 9 heteroatoms. The standard InChI is InChI=1S/C24H27ClN4O4/c1-3-33-23(31)20-21(16-4-10-19(32-2)11-5-16)26-24(27-22(20)30)29-14-12-28(13-15-29)18-8-6-17(25)7-9-18/h4-11,20-21H,3,12-15H2,1-2H3,(H,26,27,30)/t20-,21-/m0/s1. The fourth-order valence-corrected chi connectivity index (χ4v) is 4.22. The van der Waals surface area contributed by atoms with Crippen LogP contribution >= 0.6 is 11.6 Å². The van der Waals surface area contributed by atoms with Gasteiger partial charge in [0.15, 0.2) is 5.92 Å². The minimum Gasteiger partial charge on any atom is -0.497 e. The van der Waals surface area contributed by atoms with E-state index in [1.165, 1.54) is 0 Å². The quantitative estimate of drug-likeness (QED) is 0.534. The molecule has 4 rings (SSSR count). The number of carbonyl (C=O) groups excluding carboxylic acids is 2. The number of nitrogens with zero attached hydrogens (tertiary/aromatic N) is 3. The van der Waals surface area contributed by atoms with E-state index < -0.39 is 23.8 Å². The molecular weight excluding hydrogens is 444 g/mol. The number of nitrogens with one attached hydrogen (secondary N) is 1. The minimum absolute atomic E-state index is 0.196. The number of anilines is 1. The fourth-order valence-electron chi connectivity index (χ4n) is 4.09. The summed E-state index contributed by atoms with van der Waals surface area (Å²) in [6.07, 6.45) is 0. The van der Waals surface area contributed by atoms with Crippen LogP contribution in [0.3, 0.4) is 0 Å². The summed E-state index contributed by atoms with van der Waals surface area (Å²) in [6, 6.07) is 14.3. The summed E-state index contributed by atoms with van der Waals surface area (Å²) < 4.78 is 10.4. The second-order valence-electron chi connectivity index (χ2n) is 7.84. The van der Waals surface area contributed by atoms with Crippen molar-refractivity contribution in [2.24, 2.45) is 10.9 Å². The molecule has 2 aromatic carbocycles. The van der Waals surface area contributed by atoms with Crippen molar-refractivity contribution in [2.45, 2.75) is 13.0 Å².